The van der Waals surface area contributed by atoms with Crippen LogP contribution >= 0.6 is 0 Å². The fourth-order valence-corrected chi connectivity index (χ4v) is 3.36. The van der Waals surface area contributed by atoms with Gasteiger partial charge in [0.05, 0.1) is 6.20 Å². The number of hydrogen-bond donors (Lipinski definition) is 2. The lowest BCUT2D eigenvalue weighted by molar-refractivity contribution is 0.367. The topological polar surface area (TPSA) is 92.1 Å². The molecule has 6 nitrogen and oxygen atoms in total. The van der Waals surface area contributed by atoms with Crippen LogP contribution in [0.1, 0.15) is 26.3 Å². The Hall–Kier alpha value is -0.920. The Morgan fingerprint density at radius 2 is 2.19 bits per heavy atom. The van der Waals surface area contributed by atoms with Crippen LogP contribution in [0.5, 0.6) is 0 Å². The standard InChI is InChI=1S/C9H18N4O2S/c1-4-13(7(2)3)16(14,15)9-8(5-10)6-11-12-9/h6-7H,4-5,10H2,1-3H3,(H,11,12). The van der Waals surface area contributed by atoms with E-state index in [1.165, 1.54) is 10.5 Å². The van der Waals surface area contributed by atoms with Crippen LogP contribution in [0, 0.1) is 0 Å². The van der Waals surface area contributed by atoms with Crippen LogP contribution in [0.3, 0.4) is 0 Å². The molecular weight excluding hydrogens is 228 g/mol. The molecule has 0 aliphatic rings. The van der Waals surface area contributed by atoms with Crippen molar-refractivity contribution in [2.45, 2.75) is 38.4 Å². The van der Waals surface area contributed by atoms with Crippen LogP contribution in [0.4, 0.5) is 0 Å². The maximum absolute atomic E-state index is 12.2. The minimum Gasteiger partial charge on any atom is -0.326 e. The van der Waals surface area contributed by atoms with Gasteiger partial charge in [0.15, 0.2) is 5.03 Å². The molecule has 0 aromatic carbocycles. The first-order valence-corrected chi connectivity index (χ1v) is 6.63. The number of aromatic amines is 1. The molecule has 0 aliphatic carbocycles. The molecule has 0 radical (unpaired) electrons. The van der Waals surface area contributed by atoms with Gasteiger partial charge in [-0.2, -0.15) is 9.40 Å². The van der Waals surface area contributed by atoms with Crippen LogP contribution in [0.2, 0.25) is 0 Å². The van der Waals surface area contributed by atoms with Crippen molar-refractivity contribution in [1.82, 2.24) is 14.5 Å². The van der Waals surface area contributed by atoms with E-state index in [4.69, 9.17) is 5.73 Å². The van der Waals surface area contributed by atoms with Crippen LogP contribution in [-0.2, 0) is 16.6 Å². The Morgan fingerprint density at radius 1 is 1.56 bits per heavy atom. The fraction of sp³-hybridized carbons (Fsp3) is 0.667. The highest BCUT2D eigenvalue weighted by molar-refractivity contribution is 7.89. The summed E-state index contributed by atoms with van der Waals surface area (Å²) in [7, 11) is -3.51. The SMILES string of the molecule is CCN(C(C)C)S(=O)(=O)c1[nH]ncc1CN. The molecule has 3 N–H and O–H groups in total. The van der Waals surface area contributed by atoms with Crippen LogP contribution in [0.25, 0.3) is 0 Å². The van der Waals surface area contributed by atoms with Crippen molar-refractivity contribution in [1.29, 1.82) is 0 Å². The maximum Gasteiger partial charge on any atom is 0.260 e. The van der Waals surface area contributed by atoms with E-state index in [0.717, 1.165) is 0 Å². The summed E-state index contributed by atoms with van der Waals surface area (Å²) in [4.78, 5) is 0. The summed E-state index contributed by atoms with van der Waals surface area (Å²) >= 11 is 0. The monoisotopic (exact) mass is 246 g/mol. The number of nitrogens with zero attached hydrogens (tertiary/aromatic N) is 2. The van der Waals surface area contributed by atoms with Crippen molar-refractivity contribution in [2.75, 3.05) is 6.54 Å². The Morgan fingerprint density at radius 3 is 2.62 bits per heavy atom. The molecule has 1 heterocycles. The lowest BCUT2D eigenvalue weighted by Crippen LogP contribution is -2.37. The molecule has 0 saturated carbocycles. The predicted octanol–water partition coefficient (Wildman–Crippen LogP) is 0.287. The zero-order valence-electron chi connectivity index (χ0n) is 9.77. The number of H-pyrrole nitrogens is 1. The number of hydrogen-bond acceptors (Lipinski definition) is 4. The van der Waals surface area contributed by atoms with Gasteiger partial charge >= 0.3 is 0 Å². The Bertz CT molecular complexity index is 438. The van der Waals surface area contributed by atoms with Gasteiger partial charge in [-0.15, -0.1) is 0 Å². The van der Waals surface area contributed by atoms with Gasteiger partial charge in [-0.3, -0.25) is 5.10 Å². The van der Waals surface area contributed by atoms with E-state index in [0.29, 0.717) is 12.1 Å². The highest BCUT2D eigenvalue weighted by Crippen LogP contribution is 2.18. The quantitative estimate of drug-likeness (QED) is 0.781. The molecule has 0 spiro atoms. The summed E-state index contributed by atoms with van der Waals surface area (Å²) in [6.07, 6.45) is 1.45. The lowest BCUT2D eigenvalue weighted by Gasteiger charge is -2.23. The van der Waals surface area contributed by atoms with Gasteiger partial charge in [0.25, 0.3) is 10.0 Å². The second kappa shape index (κ2) is 4.94. The summed E-state index contributed by atoms with van der Waals surface area (Å²) in [6.45, 7) is 6.04. The van der Waals surface area contributed by atoms with Gasteiger partial charge in [-0.05, 0) is 13.8 Å². The van der Waals surface area contributed by atoms with Crippen molar-refractivity contribution >= 4 is 10.0 Å². The van der Waals surface area contributed by atoms with E-state index in [1.54, 1.807) is 6.92 Å². The molecule has 7 heteroatoms. The zero-order chi connectivity index (χ0) is 12.3. The Balaban J connectivity index is 3.20. The molecule has 1 rings (SSSR count). The van der Waals surface area contributed by atoms with Gasteiger partial charge in [-0.1, -0.05) is 6.92 Å². The Kier molecular flexibility index (Phi) is 4.06. The molecular formula is C9H18N4O2S. The third kappa shape index (κ3) is 2.26. The largest absolute Gasteiger partial charge is 0.326 e. The van der Waals surface area contributed by atoms with Gasteiger partial charge in [0.2, 0.25) is 0 Å². The van der Waals surface area contributed by atoms with Crippen molar-refractivity contribution in [3.8, 4) is 0 Å². The highest BCUT2D eigenvalue weighted by Gasteiger charge is 2.28. The third-order valence-electron chi connectivity index (χ3n) is 2.35. The number of sulfonamides is 1. The highest BCUT2D eigenvalue weighted by atomic mass is 32.2. The minimum atomic E-state index is -3.51. The second-order valence-corrected chi connectivity index (χ2v) is 5.56. The van der Waals surface area contributed by atoms with E-state index in [-0.39, 0.29) is 17.6 Å². The molecule has 0 atom stereocenters. The van der Waals surface area contributed by atoms with E-state index >= 15 is 0 Å². The van der Waals surface area contributed by atoms with E-state index in [1.807, 2.05) is 13.8 Å². The number of nitrogens with two attached hydrogens (primary N) is 1. The maximum atomic E-state index is 12.2. The number of aromatic nitrogens is 2. The molecule has 0 amide bonds. The second-order valence-electron chi connectivity index (χ2n) is 3.73. The van der Waals surface area contributed by atoms with E-state index in [9.17, 15) is 8.42 Å². The fourth-order valence-electron chi connectivity index (χ4n) is 1.60. The number of rotatable bonds is 5. The average Bonchev–Trinajstić information content (AvgIpc) is 2.65. The number of nitrogens with one attached hydrogen (secondary N) is 1. The van der Waals surface area contributed by atoms with Gasteiger partial charge in [-0.25, -0.2) is 8.42 Å². The molecule has 0 unspecified atom stereocenters. The van der Waals surface area contributed by atoms with Gasteiger partial charge in [0, 0.05) is 24.7 Å². The molecule has 1 aromatic heterocycles. The molecule has 1 aromatic rings. The zero-order valence-corrected chi connectivity index (χ0v) is 10.6. The van der Waals surface area contributed by atoms with Crippen LogP contribution in [0.15, 0.2) is 11.2 Å². The van der Waals surface area contributed by atoms with Crippen molar-refractivity contribution in [2.24, 2.45) is 5.73 Å². The Labute approximate surface area is 95.9 Å². The molecule has 0 aliphatic heterocycles. The molecule has 0 saturated heterocycles. The lowest BCUT2D eigenvalue weighted by atomic mass is 10.4. The first-order valence-electron chi connectivity index (χ1n) is 5.19. The first kappa shape index (κ1) is 13.1. The average molecular weight is 246 g/mol. The van der Waals surface area contributed by atoms with Crippen LogP contribution < -0.4 is 5.73 Å². The van der Waals surface area contributed by atoms with E-state index < -0.39 is 10.0 Å². The summed E-state index contributed by atoms with van der Waals surface area (Å²) in [5, 5.41) is 6.33. The molecule has 92 valence electrons. The van der Waals surface area contributed by atoms with Crippen molar-refractivity contribution in [3.63, 3.8) is 0 Å². The van der Waals surface area contributed by atoms with Gasteiger partial charge in [0.1, 0.15) is 0 Å². The molecule has 0 fully saturated rings. The minimum absolute atomic E-state index is 0.0936. The van der Waals surface area contributed by atoms with E-state index in [2.05, 4.69) is 10.2 Å². The summed E-state index contributed by atoms with van der Waals surface area (Å²) < 4.78 is 25.9. The summed E-state index contributed by atoms with van der Waals surface area (Å²) in [5.41, 5.74) is 5.98. The van der Waals surface area contributed by atoms with Crippen molar-refractivity contribution < 1.29 is 8.42 Å². The molecule has 16 heavy (non-hydrogen) atoms. The summed E-state index contributed by atoms with van der Waals surface area (Å²) in [5.74, 6) is 0. The smallest absolute Gasteiger partial charge is 0.260 e. The predicted molar refractivity (Wildman–Crippen MR) is 61.2 cm³/mol. The third-order valence-corrected chi connectivity index (χ3v) is 4.52. The van der Waals surface area contributed by atoms with Crippen molar-refractivity contribution in [3.05, 3.63) is 11.8 Å². The normalized spacial score (nSPS) is 12.6. The van der Waals surface area contributed by atoms with Crippen LogP contribution in [-0.4, -0.2) is 35.5 Å². The summed E-state index contributed by atoms with van der Waals surface area (Å²) in [6, 6.07) is -0.0936. The first-order chi connectivity index (χ1) is 7.45. The van der Waals surface area contributed by atoms with Gasteiger partial charge < -0.3 is 5.73 Å². The molecule has 0 bridgehead atoms.